The molecule has 0 aliphatic carbocycles. The molecule has 0 saturated carbocycles. The third-order valence-corrected chi connectivity index (χ3v) is 3.25. The Morgan fingerprint density at radius 3 is 2.65 bits per heavy atom. The van der Waals surface area contributed by atoms with Crippen molar-refractivity contribution >= 4 is 21.9 Å². The zero-order valence-corrected chi connectivity index (χ0v) is 10.3. The summed E-state index contributed by atoms with van der Waals surface area (Å²) in [6.45, 7) is 0. The van der Waals surface area contributed by atoms with Gasteiger partial charge in [-0.15, -0.1) is 0 Å². The molecule has 4 heterocycles. The molecule has 4 nitrogen and oxygen atoms in total. The van der Waals surface area contributed by atoms with E-state index in [4.69, 9.17) is 0 Å². The number of nitrogens with one attached hydrogen (secondary N) is 1. The molecule has 0 aliphatic heterocycles. The van der Waals surface area contributed by atoms with Gasteiger partial charge in [-0.25, -0.2) is 9.37 Å². The van der Waals surface area contributed by atoms with E-state index in [1.165, 1.54) is 12.3 Å². The van der Waals surface area contributed by atoms with Crippen molar-refractivity contribution in [1.29, 1.82) is 0 Å². The molecule has 0 fully saturated rings. The summed E-state index contributed by atoms with van der Waals surface area (Å²) >= 11 is 0. The molecule has 0 aromatic carbocycles. The Labute approximate surface area is 113 Å². The predicted molar refractivity (Wildman–Crippen MR) is 74.6 cm³/mol. The van der Waals surface area contributed by atoms with E-state index in [0.717, 1.165) is 21.9 Å². The number of hydrogen-bond donors (Lipinski definition) is 1. The van der Waals surface area contributed by atoms with Gasteiger partial charge >= 0.3 is 0 Å². The minimum atomic E-state index is -0.355. The number of fused-ring (bicyclic) bond motifs is 3. The van der Waals surface area contributed by atoms with Gasteiger partial charge in [0.1, 0.15) is 11.5 Å². The number of halogens is 1. The molecule has 0 amide bonds. The van der Waals surface area contributed by atoms with Crippen molar-refractivity contribution < 1.29 is 4.39 Å². The molecule has 0 saturated heterocycles. The number of rotatable bonds is 1. The Morgan fingerprint density at radius 1 is 0.900 bits per heavy atom. The number of aromatic nitrogens is 4. The van der Waals surface area contributed by atoms with Crippen molar-refractivity contribution in [3.8, 4) is 11.4 Å². The zero-order chi connectivity index (χ0) is 13.5. The average Bonchev–Trinajstić information content (AvgIpc) is 2.85. The van der Waals surface area contributed by atoms with Crippen LogP contribution >= 0.6 is 0 Å². The lowest BCUT2D eigenvalue weighted by molar-refractivity contribution is 0.622. The van der Waals surface area contributed by atoms with E-state index < -0.39 is 0 Å². The Kier molecular flexibility index (Phi) is 2.26. The van der Waals surface area contributed by atoms with Crippen LogP contribution in [0.3, 0.4) is 0 Å². The van der Waals surface area contributed by atoms with Crippen molar-refractivity contribution in [2.75, 3.05) is 0 Å². The van der Waals surface area contributed by atoms with Gasteiger partial charge in [-0.05, 0) is 30.3 Å². The Morgan fingerprint density at radius 2 is 1.80 bits per heavy atom. The standard InChI is InChI=1S/C15H9FN4/c16-9-1-3-13(18-7-9)14-4-2-10-11-8-17-6-5-12(11)19-15(10)20-14/h1-8H,(H,19,20). The first-order valence-corrected chi connectivity index (χ1v) is 6.16. The lowest BCUT2D eigenvalue weighted by Crippen LogP contribution is -1.88. The highest BCUT2D eigenvalue weighted by Gasteiger charge is 2.08. The first-order chi connectivity index (χ1) is 9.81. The molecular formula is C15H9FN4. The van der Waals surface area contributed by atoms with Crippen molar-refractivity contribution in [2.24, 2.45) is 0 Å². The maximum atomic E-state index is 12.9. The molecule has 0 radical (unpaired) electrons. The number of pyridine rings is 3. The smallest absolute Gasteiger partial charge is 0.141 e. The predicted octanol–water partition coefficient (Wildman–Crippen LogP) is 3.31. The molecule has 1 N–H and O–H groups in total. The SMILES string of the molecule is Fc1ccc(-c2ccc3c(n2)[nH]c2ccncc23)nc1. The Hall–Kier alpha value is -2.82. The molecule has 20 heavy (non-hydrogen) atoms. The van der Waals surface area contributed by atoms with Crippen LogP contribution in [-0.4, -0.2) is 19.9 Å². The van der Waals surface area contributed by atoms with Gasteiger partial charge in [0.15, 0.2) is 0 Å². The highest BCUT2D eigenvalue weighted by molar-refractivity contribution is 6.05. The van der Waals surface area contributed by atoms with E-state index in [2.05, 4.69) is 19.9 Å². The van der Waals surface area contributed by atoms with Crippen LogP contribution in [-0.2, 0) is 0 Å². The summed E-state index contributed by atoms with van der Waals surface area (Å²) in [4.78, 5) is 16.0. The number of hydrogen-bond acceptors (Lipinski definition) is 3. The third-order valence-electron chi connectivity index (χ3n) is 3.25. The first-order valence-electron chi connectivity index (χ1n) is 6.16. The third kappa shape index (κ3) is 1.64. The molecular weight excluding hydrogens is 255 g/mol. The minimum absolute atomic E-state index is 0.355. The van der Waals surface area contributed by atoms with Gasteiger partial charge in [0, 0.05) is 23.2 Å². The van der Waals surface area contributed by atoms with Gasteiger partial charge in [-0.2, -0.15) is 0 Å². The van der Waals surface area contributed by atoms with Gasteiger partial charge in [-0.3, -0.25) is 9.97 Å². The van der Waals surface area contributed by atoms with Crippen molar-refractivity contribution in [2.45, 2.75) is 0 Å². The largest absolute Gasteiger partial charge is 0.339 e. The van der Waals surface area contributed by atoms with Crippen LogP contribution in [0.1, 0.15) is 0 Å². The molecule has 0 spiro atoms. The fourth-order valence-electron chi connectivity index (χ4n) is 2.29. The van der Waals surface area contributed by atoms with Gasteiger partial charge in [0.2, 0.25) is 0 Å². The highest BCUT2D eigenvalue weighted by atomic mass is 19.1. The molecule has 0 aliphatic rings. The number of nitrogens with zero attached hydrogens (tertiary/aromatic N) is 3. The second-order valence-electron chi connectivity index (χ2n) is 4.50. The van der Waals surface area contributed by atoms with Crippen LogP contribution < -0.4 is 0 Å². The summed E-state index contributed by atoms with van der Waals surface area (Å²) < 4.78 is 12.9. The second kappa shape index (κ2) is 4.09. The van der Waals surface area contributed by atoms with E-state index in [9.17, 15) is 4.39 Å². The second-order valence-corrected chi connectivity index (χ2v) is 4.50. The van der Waals surface area contributed by atoms with Gasteiger partial charge in [0.05, 0.1) is 23.1 Å². The van der Waals surface area contributed by atoms with Crippen LogP contribution in [0.2, 0.25) is 0 Å². The normalized spacial score (nSPS) is 11.2. The Bertz CT molecular complexity index is 912. The topological polar surface area (TPSA) is 54.5 Å². The molecule has 4 aromatic rings. The van der Waals surface area contributed by atoms with Crippen LogP contribution in [0.4, 0.5) is 4.39 Å². The number of H-pyrrole nitrogens is 1. The monoisotopic (exact) mass is 264 g/mol. The maximum absolute atomic E-state index is 12.9. The molecule has 0 atom stereocenters. The van der Waals surface area contributed by atoms with E-state index in [1.54, 1.807) is 12.3 Å². The lowest BCUT2D eigenvalue weighted by atomic mass is 10.2. The quantitative estimate of drug-likeness (QED) is 0.574. The zero-order valence-electron chi connectivity index (χ0n) is 10.3. The molecule has 0 bridgehead atoms. The van der Waals surface area contributed by atoms with Crippen molar-refractivity contribution in [1.82, 2.24) is 19.9 Å². The van der Waals surface area contributed by atoms with E-state index in [-0.39, 0.29) is 5.82 Å². The summed E-state index contributed by atoms with van der Waals surface area (Å²) in [6.07, 6.45) is 4.74. The fraction of sp³-hybridized carbons (Fsp3) is 0. The first kappa shape index (κ1) is 11.0. The van der Waals surface area contributed by atoms with Gasteiger partial charge in [-0.1, -0.05) is 0 Å². The molecule has 5 heteroatoms. The Balaban J connectivity index is 1.94. The summed E-state index contributed by atoms with van der Waals surface area (Å²) in [5.74, 6) is -0.355. The van der Waals surface area contributed by atoms with E-state index in [0.29, 0.717) is 11.4 Å². The molecule has 4 aromatic heterocycles. The minimum Gasteiger partial charge on any atom is -0.339 e. The fourth-order valence-corrected chi connectivity index (χ4v) is 2.29. The molecule has 0 unspecified atom stereocenters. The summed E-state index contributed by atoms with van der Waals surface area (Å²) in [5, 5.41) is 2.05. The van der Waals surface area contributed by atoms with Crippen LogP contribution in [0.25, 0.3) is 33.3 Å². The van der Waals surface area contributed by atoms with Gasteiger partial charge in [0.25, 0.3) is 0 Å². The number of aromatic amines is 1. The van der Waals surface area contributed by atoms with Gasteiger partial charge < -0.3 is 4.98 Å². The van der Waals surface area contributed by atoms with Crippen LogP contribution in [0.5, 0.6) is 0 Å². The maximum Gasteiger partial charge on any atom is 0.141 e. The lowest BCUT2D eigenvalue weighted by Gasteiger charge is -1.99. The van der Waals surface area contributed by atoms with Crippen molar-refractivity contribution in [3.05, 3.63) is 54.7 Å². The van der Waals surface area contributed by atoms with Crippen LogP contribution in [0, 0.1) is 5.82 Å². The summed E-state index contributed by atoms with van der Waals surface area (Å²) in [7, 11) is 0. The van der Waals surface area contributed by atoms with E-state index in [1.807, 2.05) is 24.4 Å². The molecule has 96 valence electrons. The average molecular weight is 264 g/mol. The highest BCUT2D eigenvalue weighted by Crippen LogP contribution is 2.25. The summed E-state index contributed by atoms with van der Waals surface area (Å²) in [6, 6.07) is 8.76. The van der Waals surface area contributed by atoms with Crippen LogP contribution in [0.15, 0.2) is 48.9 Å². The summed E-state index contributed by atoms with van der Waals surface area (Å²) in [5.41, 5.74) is 3.12. The van der Waals surface area contributed by atoms with Crippen molar-refractivity contribution in [3.63, 3.8) is 0 Å². The molecule has 4 rings (SSSR count). The van der Waals surface area contributed by atoms with E-state index >= 15 is 0 Å².